The fourth-order valence-electron chi connectivity index (χ4n) is 4.95. The summed E-state index contributed by atoms with van der Waals surface area (Å²) in [6.45, 7) is 8.45. The highest BCUT2D eigenvalue weighted by Crippen LogP contribution is 2.43. The van der Waals surface area contributed by atoms with E-state index in [1.165, 1.54) is 0 Å². The maximum Gasteiger partial charge on any atom is 0.316 e. The zero-order valence-corrected chi connectivity index (χ0v) is 23.5. The van der Waals surface area contributed by atoms with Gasteiger partial charge in [0.2, 0.25) is 0 Å². The summed E-state index contributed by atoms with van der Waals surface area (Å²) in [6, 6.07) is 19.5. The van der Waals surface area contributed by atoms with Crippen LogP contribution in [0, 0.1) is 18.2 Å². The van der Waals surface area contributed by atoms with Gasteiger partial charge in [0.05, 0.1) is 11.7 Å². The lowest BCUT2D eigenvalue weighted by Gasteiger charge is -2.20. The zero-order valence-electron chi connectivity index (χ0n) is 22.6. The van der Waals surface area contributed by atoms with Crippen molar-refractivity contribution >= 4 is 25.3 Å². The van der Waals surface area contributed by atoms with Gasteiger partial charge in [0.25, 0.3) is 0 Å². The fraction of sp³-hybridized carbons (Fsp3) is 0.344. The van der Waals surface area contributed by atoms with E-state index in [0.29, 0.717) is 11.3 Å². The predicted molar refractivity (Wildman–Crippen MR) is 153 cm³/mol. The highest BCUT2D eigenvalue weighted by molar-refractivity contribution is 7.53. The van der Waals surface area contributed by atoms with E-state index in [1.807, 2.05) is 70.2 Å². The van der Waals surface area contributed by atoms with Crippen molar-refractivity contribution in [3.63, 3.8) is 0 Å². The number of carbonyl (C=O) groups excluding carboxylic acids is 1. The van der Waals surface area contributed by atoms with Gasteiger partial charge in [0.1, 0.15) is 25.5 Å². The molecule has 4 nitrogen and oxygen atoms in total. The number of rotatable bonds is 5. The molecule has 0 saturated carbocycles. The molecule has 0 amide bonds. The average molecular weight is 532 g/mol. The number of hydrogen-bond acceptors (Lipinski definition) is 4. The van der Waals surface area contributed by atoms with Gasteiger partial charge >= 0.3 is 5.97 Å². The van der Waals surface area contributed by atoms with E-state index in [1.54, 1.807) is 6.07 Å². The van der Waals surface area contributed by atoms with E-state index >= 15 is 4.39 Å². The van der Waals surface area contributed by atoms with Crippen LogP contribution in [0.15, 0.2) is 60.7 Å². The Hall–Kier alpha value is -3.01. The molecule has 0 spiro atoms. The number of carbonyl (C=O) groups is 1. The number of benzene rings is 3. The molecule has 1 fully saturated rings. The maximum absolute atomic E-state index is 15.3. The Bertz CT molecular complexity index is 1370. The molecule has 1 heterocycles. The molecule has 1 unspecified atom stereocenters. The van der Waals surface area contributed by atoms with Crippen LogP contribution in [0.4, 0.5) is 4.39 Å². The fourth-order valence-corrected chi connectivity index (χ4v) is 6.50. The third-order valence-electron chi connectivity index (χ3n) is 7.00. The lowest BCUT2D eigenvalue weighted by Crippen LogP contribution is -2.25. The van der Waals surface area contributed by atoms with Crippen molar-refractivity contribution in [1.82, 2.24) is 5.32 Å². The molecule has 38 heavy (non-hydrogen) atoms. The van der Waals surface area contributed by atoms with E-state index < -0.39 is 13.6 Å². The zero-order chi connectivity index (χ0) is 26.9. The van der Waals surface area contributed by atoms with E-state index in [2.05, 4.69) is 17.4 Å². The maximum atomic E-state index is 15.3. The van der Waals surface area contributed by atoms with E-state index in [9.17, 15) is 4.79 Å². The molecule has 3 aromatic rings. The third-order valence-corrected chi connectivity index (χ3v) is 8.76. The van der Waals surface area contributed by atoms with Crippen LogP contribution >= 0.6 is 8.15 Å². The SMILES string of the molecule is Cc1ccc(C2=C(c3ccc(OP4CCNC4)cc3)c3ccc(OC(=O)C(C)(C)C)cc3CCC2)c(F)c1. The lowest BCUT2D eigenvalue weighted by atomic mass is 9.87. The van der Waals surface area contributed by atoms with Gasteiger partial charge in [-0.1, -0.05) is 30.3 Å². The molecule has 3 aromatic carbocycles. The first kappa shape index (κ1) is 26.6. The van der Waals surface area contributed by atoms with E-state index in [0.717, 1.165) is 77.4 Å². The van der Waals surface area contributed by atoms with Gasteiger partial charge in [-0.15, -0.1) is 0 Å². The molecule has 6 heteroatoms. The number of aryl methyl sites for hydroxylation is 2. The van der Waals surface area contributed by atoms with E-state index in [4.69, 9.17) is 9.26 Å². The Kier molecular flexibility index (Phi) is 7.70. The van der Waals surface area contributed by atoms with Crippen molar-refractivity contribution < 1.29 is 18.4 Å². The van der Waals surface area contributed by atoms with Gasteiger partial charge < -0.3 is 14.6 Å². The van der Waals surface area contributed by atoms with Gasteiger partial charge in [-0.05, 0) is 111 Å². The van der Waals surface area contributed by atoms with Gasteiger partial charge in [0.15, 0.2) is 0 Å². The minimum atomic E-state index is -0.590. The van der Waals surface area contributed by atoms with Crippen molar-refractivity contribution in [2.75, 3.05) is 19.0 Å². The molecule has 1 N–H and O–H groups in total. The standard InChI is InChI=1S/C32H35FNO3P/c1-21-8-14-27(29(33)18-21)28-7-5-6-23-19-25(36-31(35)32(2,3)4)13-15-26(23)30(28)22-9-11-24(12-10-22)37-38-17-16-34-20-38/h8-15,18-19,34H,5-7,16-17,20H2,1-4H3. The number of fused-ring (bicyclic) bond motifs is 1. The second-order valence-electron chi connectivity index (χ2n) is 11.1. The molecule has 1 aliphatic carbocycles. The largest absolute Gasteiger partial charge is 0.473 e. The summed E-state index contributed by atoms with van der Waals surface area (Å²) < 4.78 is 27.3. The summed E-state index contributed by atoms with van der Waals surface area (Å²) >= 11 is 0. The Morgan fingerprint density at radius 3 is 2.37 bits per heavy atom. The lowest BCUT2D eigenvalue weighted by molar-refractivity contribution is -0.143. The summed E-state index contributed by atoms with van der Waals surface area (Å²) in [4.78, 5) is 12.5. The van der Waals surface area contributed by atoms with Gasteiger partial charge in [-0.25, -0.2) is 4.39 Å². The first-order chi connectivity index (χ1) is 18.2. The highest BCUT2D eigenvalue weighted by Gasteiger charge is 2.26. The van der Waals surface area contributed by atoms with E-state index in [-0.39, 0.29) is 11.8 Å². The normalized spacial score (nSPS) is 17.7. The predicted octanol–water partition coefficient (Wildman–Crippen LogP) is 7.72. The number of esters is 1. The average Bonchev–Trinajstić information content (AvgIpc) is 3.31. The molecule has 1 saturated heterocycles. The summed E-state index contributed by atoms with van der Waals surface area (Å²) in [5.41, 5.74) is 6.14. The summed E-state index contributed by atoms with van der Waals surface area (Å²) in [7, 11) is -0.478. The molecule has 0 aromatic heterocycles. The van der Waals surface area contributed by atoms with Crippen molar-refractivity contribution in [2.24, 2.45) is 5.41 Å². The Morgan fingerprint density at radius 1 is 0.947 bits per heavy atom. The molecule has 2 aliphatic rings. The molecule has 1 aliphatic heterocycles. The van der Waals surface area contributed by atoms with Crippen LogP contribution in [0.5, 0.6) is 11.5 Å². The Labute approximate surface area is 226 Å². The molecule has 0 radical (unpaired) electrons. The topological polar surface area (TPSA) is 47.6 Å². The van der Waals surface area contributed by atoms with Crippen LogP contribution < -0.4 is 14.6 Å². The summed E-state index contributed by atoms with van der Waals surface area (Å²) in [5.74, 6) is 0.946. The molecular weight excluding hydrogens is 496 g/mol. The van der Waals surface area contributed by atoms with Crippen LogP contribution in [0.1, 0.15) is 61.4 Å². The molecule has 198 valence electrons. The highest BCUT2D eigenvalue weighted by atomic mass is 31.1. The smallest absolute Gasteiger partial charge is 0.316 e. The van der Waals surface area contributed by atoms with Crippen molar-refractivity contribution in [2.45, 2.75) is 47.0 Å². The van der Waals surface area contributed by atoms with Crippen molar-refractivity contribution in [1.29, 1.82) is 0 Å². The summed E-state index contributed by atoms with van der Waals surface area (Å²) in [6.07, 6.45) is 4.42. The van der Waals surface area contributed by atoms with Gasteiger partial charge in [0, 0.05) is 18.3 Å². The third kappa shape index (κ3) is 5.85. The minimum Gasteiger partial charge on any atom is -0.473 e. The monoisotopic (exact) mass is 531 g/mol. The molecular formula is C32H35FNO3P. The first-order valence-electron chi connectivity index (χ1n) is 13.3. The summed E-state index contributed by atoms with van der Waals surface area (Å²) in [5, 5.41) is 3.36. The molecule has 1 atom stereocenters. The number of ether oxygens (including phenoxy) is 1. The Morgan fingerprint density at radius 2 is 1.68 bits per heavy atom. The van der Waals surface area contributed by atoms with Gasteiger partial charge in [-0.2, -0.15) is 0 Å². The number of hydrogen-bond donors (Lipinski definition) is 1. The van der Waals surface area contributed by atoms with Crippen molar-refractivity contribution in [3.05, 3.63) is 94.3 Å². The first-order valence-corrected chi connectivity index (χ1v) is 14.9. The van der Waals surface area contributed by atoms with Crippen LogP contribution in [-0.4, -0.2) is 25.0 Å². The number of allylic oxidation sites excluding steroid dienone is 1. The molecule has 5 rings (SSSR count). The van der Waals surface area contributed by atoms with Crippen LogP contribution in [-0.2, 0) is 11.2 Å². The van der Waals surface area contributed by atoms with Crippen LogP contribution in [0.2, 0.25) is 0 Å². The van der Waals surface area contributed by atoms with Gasteiger partial charge in [-0.3, -0.25) is 4.79 Å². The van der Waals surface area contributed by atoms with Crippen LogP contribution in [0.3, 0.4) is 0 Å². The Balaban J connectivity index is 1.59. The second kappa shape index (κ2) is 11.0. The number of halogens is 1. The second-order valence-corrected chi connectivity index (χ2v) is 13.0. The number of nitrogens with one attached hydrogen (secondary N) is 1. The van der Waals surface area contributed by atoms with Crippen molar-refractivity contribution in [3.8, 4) is 11.5 Å². The quantitative estimate of drug-likeness (QED) is 0.208. The van der Waals surface area contributed by atoms with Crippen LogP contribution in [0.25, 0.3) is 11.1 Å². The molecule has 0 bridgehead atoms. The minimum absolute atomic E-state index is 0.201.